The Morgan fingerprint density at radius 1 is 1.05 bits per heavy atom. The van der Waals surface area contributed by atoms with Crippen molar-refractivity contribution in [1.82, 2.24) is 15.3 Å². The molecule has 19 heavy (non-hydrogen) atoms. The summed E-state index contributed by atoms with van der Waals surface area (Å²) in [7, 11) is 1.91. The standard InChI is InChI=1S/C15H18FN3/c1-10-14(9-17-3)11(2)19-15(18-10)8-12-4-6-13(16)7-5-12/h4-7,17H,8-9H2,1-3H3. The number of halogens is 1. The highest BCUT2D eigenvalue weighted by molar-refractivity contribution is 5.26. The maximum absolute atomic E-state index is 12.9. The summed E-state index contributed by atoms with van der Waals surface area (Å²) in [6.07, 6.45) is 0.627. The molecule has 1 aromatic carbocycles. The average Bonchev–Trinajstić information content (AvgIpc) is 2.37. The lowest BCUT2D eigenvalue weighted by molar-refractivity contribution is 0.627. The lowest BCUT2D eigenvalue weighted by Crippen LogP contribution is -2.12. The van der Waals surface area contributed by atoms with Crippen LogP contribution in [0.25, 0.3) is 0 Å². The van der Waals surface area contributed by atoms with Crippen LogP contribution in [0.2, 0.25) is 0 Å². The van der Waals surface area contributed by atoms with Crippen molar-refractivity contribution in [3.05, 3.63) is 58.4 Å². The number of hydrogen-bond donors (Lipinski definition) is 1. The van der Waals surface area contributed by atoms with E-state index in [4.69, 9.17) is 0 Å². The molecule has 0 aliphatic rings. The Balaban J connectivity index is 2.24. The first-order valence-electron chi connectivity index (χ1n) is 6.32. The van der Waals surface area contributed by atoms with Crippen LogP contribution in [0, 0.1) is 19.7 Å². The number of nitrogens with one attached hydrogen (secondary N) is 1. The van der Waals surface area contributed by atoms with E-state index < -0.39 is 0 Å². The fourth-order valence-corrected chi connectivity index (χ4v) is 2.11. The Kier molecular flexibility index (Phi) is 4.22. The topological polar surface area (TPSA) is 37.8 Å². The van der Waals surface area contributed by atoms with Crippen molar-refractivity contribution in [1.29, 1.82) is 0 Å². The van der Waals surface area contributed by atoms with Crippen molar-refractivity contribution in [3.8, 4) is 0 Å². The highest BCUT2D eigenvalue weighted by Gasteiger charge is 2.08. The number of benzene rings is 1. The van der Waals surface area contributed by atoms with Crippen molar-refractivity contribution >= 4 is 0 Å². The van der Waals surface area contributed by atoms with E-state index in [-0.39, 0.29) is 5.82 Å². The number of aryl methyl sites for hydroxylation is 2. The molecule has 0 unspecified atom stereocenters. The van der Waals surface area contributed by atoms with Gasteiger partial charge in [-0.1, -0.05) is 12.1 Å². The Bertz CT molecular complexity index is 541. The van der Waals surface area contributed by atoms with Gasteiger partial charge in [-0.05, 0) is 38.6 Å². The van der Waals surface area contributed by atoms with Crippen molar-refractivity contribution in [2.45, 2.75) is 26.8 Å². The minimum Gasteiger partial charge on any atom is -0.316 e. The lowest BCUT2D eigenvalue weighted by atomic mass is 10.1. The molecule has 1 aromatic heterocycles. The fraction of sp³-hybridized carbons (Fsp3) is 0.333. The predicted molar refractivity (Wildman–Crippen MR) is 73.5 cm³/mol. The van der Waals surface area contributed by atoms with Gasteiger partial charge in [0, 0.05) is 29.9 Å². The normalized spacial score (nSPS) is 10.7. The zero-order valence-electron chi connectivity index (χ0n) is 11.5. The van der Waals surface area contributed by atoms with Gasteiger partial charge in [-0.2, -0.15) is 0 Å². The number of aromatic nitrogens is 2. The summed E-state index contributed by atoms with van der Waals surface area (Å²) in [5, 5.41) is 3.12. The highest BCUT2D eigenvalue weighted by Crippen LogP contribution is 2.13. The first-order valence-corrected chi connectivity index (χ1v) is 6.32. The van der Waals surface area contributed by atoms with Crippen LogP contribution in [-0.2, 0) is 13.0 Å². The molecule has 0 spiro atoms. The van der Waals surface area contributed by atoms with E-state index in [0.717, 1.165) is 34.9 Å². The maximum Gasteiger partial charge on any atom is 0.133 e. The van der Waals surface area contributed by atoms with E-state index in [1.165, 1.54) is 12.1 Å². The van der Waals surface area contributed by atoms with Gasteiger partial charge in [-0.25, -0.2) is 14.4 Å². The van der Waals surface area contributed by atoms with Crippen LogP contribution < -0.4 is 5.32 Å². The van der Waals surface area contributed by atoms with E-state index >= 15 is 0 Å². The molecule has 0 saturated heterocycles. The third-order valence-corrected chi connectivity index (χ3v) is 3.10. The van der Waals surface area contributed by atoms with Crippen LogP contribution in [0.4, 0.5) is 4.39 Å². The zero-order chi connectivity index (χ0) is 13.8. The number of nitrogens with zero attached hydrogens (tertiary/aromatic N) is 2. The first kappa shape index (κ1) is 13.6. The van der Waals surface area contributed by atoms with Gasteiger partial charge in [0.15, 0.2) is 0 Å². The van der Waals surface area contributed by atoms with Gasteiger partial charge in [-0.3, -0.25) is 0 Å². The molecule has 0 aliphatic carbocycles. The second-order valence-corrected chi connectivity index (χ2v) is 4.62. The minimum absolute atomic E-state index is 0.221. The fourth-order valence-electron chi connectivity index (χ4n) is 2.11. The van der Waals surface area contributed by atoms with Crippen molar-refractivity contribution in [3.63, 3.8) is 0 Å². The maximum atomic E-state index is 12.9. The summed E-state index contributed by atoms with van der Waals surface area (Å²) < 4.78 is 12.9. The quantitative estimate of drug-likeness (QED) is 0.917. The molecule has 2 aromatic rings. The molecule has 4 heteroatoms. The van der Waals surface area contributed by atoms with E-state index in [1.54, 1.807) is 12.1 Å². The molecule has 1 heterocycles. The van der Waals surface area contributed by atoms with Crippen LogP contribution >= 0.6 is 0 Å². The Morgan fingerprint density at radius 3 is 2.16 bits per heavy atom. The molecule has 1 N–H and O–H groups in total. The van der Waals surface area contributed by atoms with Crippen LogP contribution in [0.1, 0.15) is 28.3 Å². The van der Waals surface area contributed by atoms with Crippen LogP contribution in [0.15, 0.2) is 24.3 Å². The van der Waals surface area contributed by atoms with Crippen LogP contribution in [0.3, 0.4) is 0 Å². The van der Waals surface area contributed by atoms with E-state index in [0.29, 0.717) is 6.42 Å². The molecule has 0 saturated carbocycles. The average molecular weight is 259 g/mol. The molecule has 0 atom stereocenters. The monoisotopic (exact) mass is 259 g/mol. The van der Waals surface area contributed by atoms with E-state index in [2.05, 4.69) is 15.3 Å². The highest BCUT2D eigenvalue weighted by atomic mass is 19.1. The van der Waals surface area contributed by atoms with Gasteiger partial charge in [-0.15, -0.1) is 0 Å². The Labute approximate surface area is 112 Å². The molecule has 0 amide bonds. The summed E-state index contributed by atoms with van der Waals surface area (Å²) in [6, 6.07) is 6.46. The summed E-state index contributed by atoms with van der Waals surface area (Å²) in [5.74, 6) is 0.558. The van der Waals surface area contributed by atoms with Gasteiger partial charge in [0.25, 0.3) is 0 Å². The van der Waals surface area contributed by atoms with Gasteiger partial charge in [0.2, 0.25) is 0 Å². The largest absolute Gasteiger partial charge is 0.316 e. The molecule has 0 aliphatic heterocycles. The number of rotatable bonds is 4. The van der Waals surface area contributed by atoms with Crippen LogP contribution in [0.5, 0.6) is 0 Å². The molecule has 0 radical (unpaired) electrons. The second kappa shape index (κ2) is 5.89. The van der Waals surface area contributed by atoms with Crippen molar-refractivity contribution < 1.29 is 4.39 Å². The third-order valence-electron chi connectivity index (χ3n) is 3.10. The van der Waals surface area contributed by atoms with E-state index in [9.17, 15) is 4.39 Å². The molecular formula is C15H18FN3. The molecular weight excluding hydrogens is 241 g/mol. The van der Waals surface area contributed by atoms with Crippen molar-refractivity contribution in [2.24, 2.45) is 0 Å². The Hall–Kier alpha value is -1.81. The predicted octanol–water partition coefficient (Wildman–Crippen LogP) is 2.54. The Morgan fingerprint density at radius 2 is 1.63 bits per heavy atom. The minimum atomic E-state index is -0.221. The smallest absolute Gasteiger partial charge is 0.133 e. The van der Waals surface area contributed by atoms with Gasteiger partial charge >= 0.3 is 0 Å². The third kappa shape index (κ3) is 3.35. The van der Waals surface area contributed by atoms with Gasteiger partial charge < -0.3 is 5.32 Å². The summed E-state index contributed by atoms with van der Waals surface area (Å²) in [6.45, 7) is 4.76. The van der Waals surface area contributed by atoms with Crippen molar-refractivity contribution in [2.75, 3.05) is 7.05 Å². The van der Waals surface area contributed by atoms with Gasteiger partial charge in [0.1, 0.15) is 11.6 Å². The molecule has 0 fully saturated rings. The molecule has 100 valence electrons. The SMILES string of the molecule is CNCc1c(C)nc(Cc2ccc(F)cc2)nc1C. The zero-order valence-corrected chi connectivity index (χ0v) is 11.5. The first-order chi connectivity index (χ1) is 9.10. The molecule has 0 bridgehead atoms. The molecule has 2 rings (SSSR count). The molecule has 3 nitrogen and oxygen atoms in total. The van der Waals surface area contributed by atoms with Crippen LogP contribution in [-0.4, -0.2) is 17.0 Å². The number of hydrogen-bond acceptors (Lipinski definition) is 3. The van der Waals surface area contributed by atoms with E-state index in [1.807, 2.05) is 20.9 Å². The lowest BCUT2D eigenvalue weighted by Gasteiger charge is -2.10. The summed E-state index contributed by atoms with van der Waals surface area (Å²) in [5.41, 5.74) is 4.16. The summed E-state index contributed by atoms with van der Waals surface area (Å²) >= 11 is 0. The second-order valence-electron chi connectivity index (χ2n) is 4.62. The van der Waals surface area contributed by atoms with Gasteiger partial charge in [0.05, 0.1) is 0 Å². The summed E-state index contributed by atoms with van der Waals surface area (Å²) in [4.78, 5) is 9.05.